The lowest BCUT2D eigenvalue weighted by molar-refractivity contribution is -0.137. The third kappa shape index (κ3) is 6.32. The second-order valence-electron chi connectivity index (χ2n) is 5.71. The maximum atomic E-state index is 12.9. The van der Waals surface area contributed by atoms with Gasteiger partial charge in [-0.25, -0.2) is 0 Å². The normalized spacial score (nSPS) is 11.2. The number of nitrogens with one attached hydrogen (secondary N) is 1. The summed E-state index contributed by atoms with van der Waals surface area (Å²) in [5.74, 6) is -0.989. The van der Waals surface area contributed by atoms with Gasteiger partial charge in [-0.3, -0.25) is 9.59 Å². The van der Waals surface area contributed by atoms with Crippen molar-refractivity contribution in [2.24, 2.45) is 0 Å². The van der Waals surface area contributed by atoms with Crippen LogP contribution in [-0.2, 0) is 15.8 Å². The summed E-state index contributed by atoms with van der Waals surface area (Å²) < 4.78 is 38.7. The summed E-state index contributed by atoms with van der Waals surface area (Å²) in [6.07, 6.45) is -4.58. The Balaban J connectivity index is 1.91. The molecule has 2 rings (SSSR count). The van der Waals surface area contributed by atoms with E-state index in [9.17, 15) is 22.8 Å². The standard InChI is InChI=1S/C18H15Cl2F3N2O2S/c1-25(9-16(26)24-15-5-3-2-4-14(15)20)17(27)10-28-11-6-7-13(19)12(8-11)18(21,22)23/h2-8H,9-10H2,1H3,(H,24,26). The van der Waals surface area contributed by atoms with Crippen LogP contribution in [0.3, 0.4) is 0 Å². The highest BCUT2D eigenvalue weighted by atomic mass is 35.5. The van der Waals surface area contributed by atoms with Crippen LogP contribution < -0.4 is 5.32 Å². The molecule has 0 bridgehead atoms. The van der Waals surface area contributed by atoms with E-state index in [1.807, 2.05) is 0 Å². The highest BCUT2D eigenvalue weighted by Crippen LogP contribution is 2.37. The van der Waals surface area contributed by atoms with E-state index in [1.165, 1.54) is 18.0 Å². The van der Waals surface area contributed by atoms with Gasteiger partial charge in [0.15, 0.2) is 0 Å². The maximum Gasteiger partial charge on any atom is 0.417 e. The molecule has 4 nitrogen and oxygen atoms in total. The zero-order chi connectivity index (χ0) is 20.9. The van der Waals surface area contributed by atoms with E-state index in [1.54, 1.807) is 24.3 Å². The first-order valence-electron chi connectivity index (χ1n) is 7.86. The average molecular weight is 451 g/mol. The van der Waals surface area contributed by atoms with Crippen molar-refractivity contribution in [1.82, 2.24) is 4.90 Å². The van der Waals surface area contributed by atoms with E-state index in [4.69, 9.17) is 23.2 Å². The number of alkyl halides is 3. The van der Waals surface area contributed by atoms with Crippen LogP contribution in [0.1, 0.15) is 5.56 Å². The van der Waals surface area contributed by atoms with Gasteiger partial charge in [-0.1, -0.05) is 35.3 Å². The summed E-state index contributed by atoms with van der Waals surface area (Å²) in [5.41, 5.74) is -0.538. The topological polar surface area (TPSA) is 49.4 Å². The zero-order valence-electron chi connectivity index (χ0n) is 14.5. The molecule has 0 saturated heterocycles. The van der Waals surface area contributed by atoms with E-state index >= 15 is 0 Å². The molecule has 0 aliphatic rings. The number of hydrogen-bond donors (Lipinski definition) is 1. The van der Waals surface area contributed by atoms with Gasteiger partial charge in [-0.15, -0.1) is 11.8 Å². The number of para-hydroxylation sites is 1. The monoisotopic (exact) mass is 450 g/mol. The molecule has 0 aliphatic heterocycles. The van der Waals surface area contributed by atoms with E-state index in [2.05, 4.69) is 5.32 Å². The number of thioether (sulfide) groups is 1. The Morgan fingerprint density at radius 3 is 2.43 bits per heavy atom. The average Bonchev–Trinajstić information content (AvgIpc) is 2.61. The minimum absolute atomic E-state index is 0.130. The van der Waals surface area contributed by atoms with Crippen molar-refractivity contribution in [3.63, 3.8) is 0 Å². The highest BCUT2D eigenvalue weighted by molar-refractivity contribution is 8.00. The Kier molecular flexibility index (Phi) is 7.63. The summed E-state index contributed by atoms with van der Waals surface area (Å²) >= 11 is 12.5. The number of halogens is 5. The van der Waals surface area contributed by atoms with Gasteiger partial charge in [0.1, 0.15) is 0 Å². The van der Waals surface area contributed by atoms with E-state index in [-0.39, 0.29) is 17.2 Å². The molecule has 0 fully saturated rings. The van der Waals surface area contributed by atoms with Gasteiger partial charge in [0, 0.05) is 11.9 Å². The van der Waals surface area contributed by atoms with Crippen molar-refractivity contribution in [2.75, 3.05) is 24.7 Å². The number of rotatable bonds is 6. The minimum atomic E-state index is -4.58. The first kappa shape index (κ1) is 22.4. The predicted octanol–water partition coefficient (Wildman–Crippen LogP) is 5.20. The van der Waals surface area contributed by atoms with Crippen LogP contribution in [0.2, 0.25) is 10.0 Å². The van der Waals surface area contributed by atoms with E-state index < -0.39 is 28.6 Å². The number of carbonyl (C=O) groups is 2. The molecule has 0 aliphatic carbocycles. The first-order chi connectivity index (χ1) is 13.1. The van der Waals surface area contributed by atoms with Crippen LogP contribution in [0.5, 0.6) is 0 Å². The molecule has 2 aromatic rings. The molecular weight excluding hydrogens is 436 g/mol. The van der Waals surface area contributed by atoms with Crippen LogP contribution in [0.4, 0.5) is 18.9 Å². The lowest BCUT2D eigenvalue weighted by Gasteiger charge is -2.17. The van der Waals surface area contributed by atoms with Crippen molar-refractivity contribution in [3.8, 4) is 0 Å². The van der Waals surface area contributed by atoms with Gasteiger partial charge in [0.25, 0.3) is 0 Å². The Morgan fingerprint density at radius 2 is 1.79 bits per heavy atom. The molecule has 0 atom stereocenters. The molecule has 0 spiro atoms. The van der Waals surface area contributed by atoms with Gasteiger partial charge in [0.05, 0.1) is 33.6 Å². The summed E-state index contributed by atoms with van der Waals surface area (Å²) in [6, 6.07) is 10.1. The highest BCUT2D eigenvalue weighted by Gasteiger charge is 2.33. The quantitative estimate of drug-likeness (QED) is 0.615. The van der Waals surface area contributed by atoms with Crippen molar-refractivity contribution in [3.05, 3.63) is 58.1 Å². The third-order valence-corrected chi connectivity index (χ3v) is 5.20. The van der Waals surface area contributed by atoms with Gasteiger partial charge in [-0.2, -0.15) is 13.2 Å². The predicted molar refractivity (Wildman–Crippen MR) is 105 cm³/mol. The largest absolute Gasteiger partial charge is 0.417 e. The molecule has 0 radical (unpaired) electrons. The number of likely N-dealkylation sites (N-methyl/N-ethyl adjacent to an activating group) is 1. The van der Waals surface area contributed by atoms with E-state index in [0.717, 1.165) is 23.9 Å². The number of carbonyl (C=O) groups excluding carboxylic acids is 2. The number of amides is 2. The Bertz CT molecular complexity index is 878. The van der Waals surface area contributed by atoms with Gasteiger partial charge in [0.2, 0.25) is 11.8 Å². The summed E-state index contributed by atoms with van der Waals surface area (Å²) in [6.45, 7) is -0.223. The minimum Gasteiger partial charge on any atom is -0.336 e. The molecule has 0 saturated carbocycles. The fourth-order valence-corrected chi connectivity index (χ4v) is 3.41. The van der Waals surface area contributed by atoms with Crippen molar-refractivity contribution in [2.45, 2.75) is 11.1 Å². The number of nitrogens with zero attached hydrogens (tertiary/aromatic N) is 1. The molecule has 0 heterocycles. The Labute approximate surface area is 174 Å². The van der Waals surface area contributed by atoms with Crippen LogP contribution in [0, 0.1) is 0 Å². The molecular formula is C18H15Cl2F3N2O2S. The van der Waals surface area contributed by atoms with Crippen LogP contribution in [0.15, 0.2) is 47.4 Å². The van der Waals surface area contributed by atoms with E-state index in [0.29, 0.717) is 10.7 Å². The van der Waals surface area contributed by atoms with Crippen LogP contribution in [-0.4, -0.2) is 36.1 Å². The Morgan fingerprint density at radius 1 is 1.11 bits per heavy atom. The Hall–Kier alpha value is -1.90. The lowest BCUT2D eigenvalue weighted by atomic mass is 10.2. The number of benzene rings is 2. The second kappa shape index (κ2) is 9.54. The van der Waals surface area contributed by atoms with Crippen LogP contribution in [0.25, 0.3) is 0 Å². The maximum absolute atomic E-state index is 12.9. The molecule has 150 valence electrons. The molecule has 0 unspecified atom stereocenters. The number of anilines is 1. The molecule has 10 heteroatoms. The molecule has 2 aromatic carbocycles. The summed E-state index contributed by atoms with van der Waals surface area (Å²) in [4.78, 5) is 25.6. The van der Waals surface area contributed by atoms with Gasteiger partial charge >= 0.3 is 6.18 Å². The summed E-state index contributed by atoms with van der Waals surface area (Å²) in [7, 11) is 1.43. The molecule has 28 heavy (non-hydrogen) atoms. The fraction of sp³-hybridized carbons (Fsp3) is 0.222. The second-order valence-corrected chi connectivity index (χ2v) is 7.57. The van der Waals surface area contributed by atoms with Crippen molar-refractivity contribution in [1.29, 1.82) is 0 Å². The smallest absolute Gasteiger partial charge is 0.336 e. The summed E-state index contributed by atoms with van der Waals surface area (Å²) in [5, 5.41) is 2.55. The molecule has 2 amide bonds. The van der Waals surface area contributed by atoms with Gasteiger partial charge in [-0.05, 0) is 30.3 Å². The van der Waals surface area contributed by atoms with Crippen molar-refractivity contribution >= 4 is 52.5 Å². The number of hydrogen-bond acceptors (Lipinski definition) is 3. The SMILES string of the molecule is CN(CC(=O)Nc1ccccc1Cl)C(=O)CSc1ccc(Cl)c(C(F)(F)F)c1. The fourth-order valence-electron chi connectivity index (χ4n) is 2.12. The molecule has 1 N–H and O–H groups in total. The third-order valence-electron chi connectivity index (χ3n) is 3.56. The molecule has 0 aromatic heterocycles. The zero-order valence-corrected chi connectivity index (χ0v) is 16.8. The van der Waals surface area contributed by atoms with Crippen LogP contribution >= 0.6 is 35.0 Å². The van der Waals surface area contributed by atoms with Crippen molar-refractivity contribution < 1.29 is 22.8 Å². The lowest BCUT2D eigenvalue weighted by Crippen LogP contribution is -2.36. The van der Waals surface area contributed by atoms with Gasteiger partial charge < -0.3 is 10.2 Å². The first-order valence-corrected chi connectivity index (χ1v) is 9.60.